The molecule has 2 fully saturated rings. The molecule has 2 saturated heterocycles. The number of sulfonamides is 1. The topological polar surface area (TPSA) is 74.2 Å². The number of aliphatic imine (C=N–C) groups is 1. The van der Waals surface area contributed by atoms with Crippen molar-refractivity contribution >= 4 is 40.0 Å². The standard InChI is InChI=1S/C18H36N4O3S.HI/c1-8-19-16(22-13-17(4,5)18(22,6)7)20-9-10-26(23,24)21-11-14(2)25-15(3)12-21;/h14-15H,8-13H2,1-7H3,(H,19,20);1H. The van der Waals surface area contributed by atoms with Gasteiger partial charge in [-0.25, -0.2) is 8.42 Å². The van der Waals surface area contributed by atoms with Crippen LogP contribution in [0.15, 0.2) is 4.99 Å². The van der Waals surface area contributed by atoms with E-state index >= 15 is 0 Å². The van der Waals surface area contributed by atoms with Gasteiger partial charge in [-0.1, -0.05) is 13.8 Å². The van der Waals surface area contributed by atoms with Gasteiger partial charge >= 0.3 is 0 Å². The van der Waals surface area contributed by atoms with Crippen molar-refractivity contribution in [3.05, 3.63) is 0 Å². The molecule has 27 heavy (non-hydrogen) atoms. The van der Waals surface area contributed by atoms with E-state index in [1.807, 2.05) is 20.8 Å². The molecule has 1 N–H and O–H groups in total. The van der Waals surface area contributed by atoms with Crippen LogP contribution in [0.5, 0.6) is 0 Å². The van der Waals surface area contributed by atoms with E-state index in [2.05, 4.69) is 42.9 Å². The minimum absolute atomic E-state index is 0. The Morgan fingerprint density at radius 1 is 1.19 bits per heavy atom. The van der Waals surface area contributed by atoms with Gasteiger partial charge in [-0.15, -0.1) is 24.0 Å². The van der Waals surface area contributed by atoms with Crippen molar-refractivity contribution in [3.63, 3.8) is 0 Å². The fourth-order valence-electron chi connectivity index (χ4n) is 3.55. The molecule has 0 radical (unpaired) electrons. The first kappa shape index (κ1) is 24.9. The van der Waals surface area contributed by atoms with Crippen LogP contribution in [0.2, 0.25) is 0 Å². The van der Waals surface area contributed by atoms with Crippen LogP contribution >= 0.6 is 24.0 Å². The number of hydrogen-bond acceptors (Lipinski definition) is 4. The first-order valence-corrected chi connectivity index (χ1v) is 11.2. The Bertz CT molecular complexity index is 627. The Morgan fingerprint density at radius 3 is 2.19 bits per heavy atom. The second kappa shape index (κ2) is 9.13. The maximum absolute atomic E-state index is 12.7. The van der Waals surface area contributed by atoms with Gasteiger partial charge in [-0.3, -0.25) is 4.99 Å². The van der Waals surface area contributed by atoms with E-state index in [1.54, 1.807) is 4.31 Å². The van der Waals surface area contributed by atoms with Crippen molar-refractivity contribution in [2.75, 3.05) is 38.5 Å². The summed E-state index contributed by atoms with van der Waals surface area (Å²) in [5.74, 6) is 0.828. The molecule has 7 nitrogen and oxygen atoms in total. The lowest BCUT2D eigenvalue weighted by atomic mass is 9.65. The molecule has 2 rings (SSSR count). The van der Waals surface area contributed by atoms with Gasteiger partial charge in [0.25, 0.3) is 0 Å². The Kier molecular flexibility index (Phi) is 8.42. The molecule has 0 bridgehead atoms. The molecule has 2 aliphatic rings. The summed E-state index contributed by atoms with van der Waals surface area (Å²) in [6.45, 7) is 17.5. The van der Waals surface area contributed by atoms with Crippen molar-refractivity contribution in [1.29, 1.82) is 0 Å². The predicted molar refractivity (Wildman–Crippen MR) is 121 cm³/mol. The second-order valence-corrected chi connectivity index (χ2v) is 10.7. The van der Waals surface area contributed by atoms with Gasteiger partial charge in [0, 0.05) is 37.1 Å². The first-order valence-electron chi connectivity index (χ1n) is 9.60. The fourth-order valence-corrected chi connectivity index (χ4v) is 5.00. The van der Waals surface area contributed by atoms with E-state index in [4.69, 9.17) is 4.74 Å². The molecular weight excluding hydrogens is 479 g/mol. The van der Waals surface area contributed by atoms with Crippen LogP contribution in [0.4, 0.5) is 0 Å². The monoisotopic (exact) mass is 516 g/mol. The maximum Gasteiger partial charge on any atom is 0.216 e. The van der Waals surface area contributed by atoms with Gasteiger partial charge in [0.05, 0.1) is 24.5 Å². The highest BCUT2D eigenvalue weighted by atomic mass is 127. The number of nitrogens with zero attached hydrogens (tertiary/aromatic N) is 3. The molecule has 0 aromatic heterocycles. The highest BCUT2D eigenvalue weighted by molar-refractivity contribution is 14.0. The van der Waals surface area contributed by atoms with E-state index in [1.165, 1.54) is 0 Å². The quantitative estimate of drug-likeness (QED) is 0.345. The van der Waals surface area contributed by atoms with Gasteiger partial charge in [0.2, 0.25) is 10.0 Å². The number of morpholine rings is 1. The van der Waals surface area contributed by atoms with Crippen molar-refractivity contribution < 1.29 is 13.2 Å². The molecule has 0 saturated carbocycles. The van der Waals surface area contributed by atoms with E-state index < -0.39 is 10.0 Å². The third-order valence-electron chi connectivity index (χ3n) is 5.87. The normalized spacial score (nSPS) is 28.3. The molecule has 2 unspecified atom stereocenters. The number of rotatable bonds is 5. The van der Waals surface area contributed by atoms with Crippen LogP contribution in [0.25, 0.3) is 0 Å². The lowest BCUT2D eigenvalue weighted by Gasteiger charge is -2.62. The summed E-state index contributed by atoms with van der Waals surface area (Å²) in [7, 11) is -3.33. The average Bonchev–Trinajstić information content (AvgIpc) is 2.51. The van der Waals surface area contributed by atoms with Gasteiger partial charge in [-0.05, 0) is 34.6 Å². The third kappa shape index (κ3) is 5.48. The highest BCUT2D eigenvalue weighted by Gasteiger charge is 2.53. The minimum Gasteiger partial charge on any atom is -0.373 e. The lowest BCUT2D eigenvalue weighted by molar-refractivity contribution is -0.0667. The molecule has 0 spiro atoms. The zero-order valence-corrected chi connectivity index (χ0v) is 20.9. The second-order valence-electron chi connectivity index (χ2n) is 8.66. The van der Waals surface area contributed by atoms with Crippen LogP contribution in [0, 0.1) is 5.41 Å². The van der Waals surface area contributed by atoms with Crippen molar-refractivity contribution in [2.45, 2.75) is 66.2 Å². The Balaban J connectivity index is 0.00000364. The zero-order chi connectivity index (χ0) is 19.8. The molecule has 9 heteroatoms. The number of hydrogen-bond donors (Lipinski definition) is 1. The number of likely N-dealkylation sites (tertiary alicyclic amines) is 1. The van der Waals surface area contributed by atoms with Crippen molar-refractivity contribution in [1.82, 2.24) is 14.5 Å². The molecule has 0 aromatic rings. The highest BCUT2D eigenvalue weighted by Crippen LogP contribution is 2.46. The summed E-state index contributed by atoms with van der Waals surface area (Å²) in [6.07, 6.45) is -0.142. The van der Waals surface area contributed by atoms with E-state index in [-0.39, 0.29) is 59.4 Å². The summed E-state index contributed by atoms with van der Waals surface area (Å²) in [5.41, 5.74) is 0.192. The molecule has 160 valence electrons. The Hall–Kier alpha value is -0.130. The Labute approximate surface area is 182 Å². The minimum atomic E-state index is -3.33. The number of halogens is 1. The van der Waals surface area contributed by atoms with Gasteiger partial charge in [-0.2, -0.15) is 4.31 Å². The average molecular weight is 516 g/mol. The number of guanidine groups is 1. The fraction of sp³-hybridized carbons (Fsp3) is 0.944. The zero-order valence-electron chi connectivity index (χ0n) is 17.8. The van der Waals surface area contributed by atoms with Crippen LogP contribution in [-0.4, -0.2) is 79.8 Å². The molecule has 2 atom stereocenters. The molecular formula is C18H37IN4O3S. The summed E-state index contributed by atoms with van der Waals surface area (Å²) in [5, 5.41) is 3.31. The molecule has 0 amide bonds. The summed E-state index contributed by atoms with van der Waals surface area (Å²) < 4.78 is 32.5. The van der Waals surface area contributed by atoms with Crippen LogP contribution < -0.4 is 5.32 Å². The third-order valence-corrected chi connectivity index (χ3v) is 7.65. The van der Waals surface area contributed by atoms with Gasteiger partial charge < -0.3 is 15.0 Å². The van der Waals surface area contributed by atoms with E-state index in [0.29, 0.717) is 13.1 Å². The summed E-state index contributed by atoms with van der Waals surface area (Å²) in [6, 6.07) is 0. The largest absolute Gasteiger partial charge is 0.373 e. The van der Waals surface area contributed by atoms with Gasteiger partial charge in [0.1, 0.15) is 0 Å². The molecule has 2 heterocycles. The van der Waals surface area contributed by atoms with Gasteiger partial charge in [0.15, 0.2) is 5.96 Å². The summed E-state index contributed by atoms with van der Waals surface area (Å²) >= 11 is 0. The molecule has 0 aliphatic carbocycles. The molecule has 0 aromatic carbocycles. The first-order chi connectivity index (χ1) is 11.9. The van der Waals surface area contributed by atoms with E-state index in [0.717, 1.165) is 19.0 Å². The summed E-state index contributed by atoms with van der Waals surface area (Å²) in [4.78, 5) is 6.85. The number of nitrogens with one attached hydrogen (secondary N) is 1. The molecule has 2 aliphatic heterocycles. The van der Waals surface area contributed by atoms with Crippen LogP contribution in [0.3, 0.4) is 0 Å². The lowest BCUT2D eigenvalue weighted by Crippen LogP contribution is -2.72. The van der Waals surface area contributed by atoms with Crippen LogP contribution in [0.1, 0.15) is 48.5 Å². The van der Waals surface area contributed by atoms with Crippen LogP contribution in [-0.2, 0) is 14.8 Å². The predicted octanol–water partition coefficient (Wildman–Crippen LogP) is 2.13. The van der Waals surface area contributed by atoms with Crippen molar-refractivity contribution in [2.24, 2.45) is 10.4 Å². The SMILES string of the molecule is CCNC(=NCCS(=O)(=O)N1CC(C)OC(C)C1)N1CC(C)(C)C1(C)C.I. The maximum atomic E-state index is 12.7. The van der Waals surface area contributed by atoms with Crippen molar-refractivity contribution in [3.8, 4) is 0 Å². The number of ether oxygens (including phenoxy) is 1. The Morgan fingerprint density at radius 2 is 1.74 bits per heavy atom. The van der Waals surface area contributed by atoms with E-state index in [9.17, 15) is 8.42 Å². The smallest absolute Gasteiger partial charge is 0.216 e.